The number of rotatable bonds is 3. The van der Waals surface area contributed by atoms with Crippen LogP contribution < -0.4 is 5.32 Å². The summed E-state index contributed by atoms with van der Waals surface area (Å²) in [6, 6.07) is 0.799. The van der Waals surface area contributed by atoms with Gasteiger partial charge in [-0.15, -0.1) is 0 Å². The van der Waals surface area contributed by atoms with Crippen molar-refractivity contribution in [3.05, 3.63) is 17.5 Å². The minimum Gasteiger partial charge on any atom is -0.343 e. The van der Waals surface area contributed by atoms with Crippen molar-refractivity contribution in [1.29, 1.82) is 0 Å². The SMILES string of the molecule is CC(=O)N1CCC(NC(C)c2cnn(C)c2C)CC1. The number of piperidine rings is 1. The Bertz CT molecular complexity index is 446. The van der Waals surface area contributed by atoms with Gasteiger partial charge >= 0.3 is 0 Å². The average Bonchev–Trinajstić information content (AvgIpc) is 2.70. The molecular weight excluding hydrogens is 240 g/mol. The van der Waals surface area contributed by atoms with Crippen LogP contribution in [0.3, 0.4) is 0 Å². The number of likely N-dealkylation sites (tertiary alicyclic amines) is 1. The highest BCUT2D eigenvalue weighted by Gasteiger charge is 2.23. The topological polar surface area (TPSA) is 50.2 Å². The number of carbonyl (C=O) groups excluding carboxylic acids is 1. The van der Waals surface area contributed by atoms with Gasteiger partial charge in [0.1, 0.15) is 0 Å². The van der Waals surface area contributed by atoms with E-state index in [0.717, 1.165) is 25.9 Å². The van der Waals surface area contributed by atoms with E-state index in [2.05, 4.69) is 24.3 Å². The fraction of sp³-hybridized carbons (Fsp3) is 0.714. The number of nitrogens with zero attached hydrogens (tertiary/aromatic N) is 3. The molecule has 1 amide bonds. The quantitative estimate of drug-likeness (QED) is 0.897. The van der Waals surface area contributed by atoms with E-state index < -0.39 is 0 Å². The lowest BCUT2D eigenvalue weighted by atomic mass is 10.0. The first-order chi connectivity index (χ1) is 8.99. The molecule has 1 aliphatic heterocycles. The van der Waals surface area contributed by atoms with Gasteiger partial charge in [-0.05, 0) is 26.7 Å². The maximum atomic E-state index is 11.3. The summed E-state index contributed by atoms with van der Waals surface area (Å²) >= 11 is 0. The second kappa shape index (κ2) is 5.74. The summed E-state index contributed by atoms with van der Waals surface area (Å²) in [6.07, 6.45) is 4.00. The molecule has 1 atom stereocenters. The van der Waals surface area contributed by atoms with Crippen LogP contribution >= 0.6 is 0 Å². The highest BCUT2D eigenvalue weighted by molar-refractivity contribution is 5.73. The number of carbonyl (C=O) groups is 1. The Balaban J connectivity index is 1.89. The van der Waals surface area contributed by atoms with Crippen LogP contribution in [0.25, 0.3) is 0 Å². The van der Waals surface area contributed by atoms with Crippen molar-refractivity contribution in [2.45, 2.75) is 45.7 Å². The molecule has 106 valence electrons. The molecule has 5 nitrogen and oxygen atoms in total. The summed E-state index contributed by atoms with van der Waals surface area (Å²) in [5.74, 6) is 0.189. The zero-order chi connectivity index (χ0) is 14.0. The van der Waals surface area contributed by atoms with Gasteiger partial charge in [0, 0.05) is 50.4 Å². The summed E-state index contributed by atoms with van der Waals surface area (Å²) in [5, 5.41) is 7.95. The number of amides is 1. The molecular formula is C14H24N4O. The molecule has 1 fully saturated rings. The van der Waals surface area contributed by atoms with E-state index in [4.69, 9.17) is 0 Å². The van der Waals surface area contributed by atoms with Crippen molar-refractivity contribution in [3.8, 4) is 0 Å². The van der Waals surface area contributed by atoms with Crippen molar-refractivity contribution >= 4 is 5.91 Å². The van der Waals surface area contributed by atoms with Gasteiger partial charge in [-0.3, -0.25) is 9.48 Å². The zero-order valence-electron chi connectivity index (χ0n) is 12.3. The lowest BCUT2D eigenvalue weighted by Crippen LogP contribution is -2.44. The predicted molar refractivity (Wildman–Crippen MR) is 74.8 cm³/mol. The molecule has 2 rings (SSSR count). The minimum absolute atomic E-state index is 0.189. The predicted octanol–water partition coefficient (Wildman–Crippen LogP) is 1.39. The molecule has 5 heteroatoms. The number of nitrogens with one attached hydrogen (secondary N) is 1. The van der Waals surface area contributed by atoms with Gasteiger partial charge in [0.05, 0.1) is 6.20 Å². The van der Waals surface area contributed by atoms with Gasteiger partial charge in [-0.25, -0.2) is 0 Å². The van der Waals surface area contributed by atoms with E-state index >= 15 is 0 Å². The van der Waals surface area contributed by atoms with Gasteiger partial charge in [-0.2, -0.15) is 5.10 Å². The monoisotopic (exact) mass is 264 g/mol. The van der Waals surface area contributed by atoms with Crippen molar-refractivity contribution in [2.75, 3.05) is 13.1 Å². The van der Waals surface area contributed by atoms with Crippen LogP contribution in [0.15, 0.2) is 6.20 Å². The third-order valence-corrected chi connectivity index (χ3v) is 4.17. The summed E-state index contributed by atoms with van der Waals surface area (Å²) < 4.78 is 1.91. The van der Waals surface area contributed by atoms with Crippen molar-refractivity contribution in [1.82, 2.24) is 20.0 Å². The largest absolute Gasteiger partial charge is 0.343 e. The maximum absolute atomic E-state index is 11.3. The fourth-order valence-electron chi connectivity index (χ4n) is 2.75. The summed E-state index contributed by atoms with van der Waals surface area (Å²) in [4.78, 5) is 13.2. The third kappa shape index (κ3) is 3.15. The van der Waals surface area contributed by atoms with Gasteiger partial charge in [0.2, 0.25) is 5.91 Å². The Morgan fingerprint density at radius 3 is 2.58 bits per heavy atom. The summed E-state index contributed by atoms with van der Waals surface area (Å²) in [5.41, 5.74) is 2.47. The van der Waals surface area contributed by atoms with Crippen LogP contribution in [0.4, 0.5) is 0 Å². The van der Waals surface area contributed by atoms with Crippen LogP contribution in [0.5, 0.6) is 0 Å². The first kappa shape index (κ1) is 14.1. The molecule has 0 radical (unpaired) electrons. The normalized spacial score (nSPS) is 18.6. The number of aryl methyl sites for hydroxylation is 1. The van der Waals surface area contributed by atoms with E-state index in [9.17, 15) is 4.79 Å². The van der Waals surface area contributed by atoms with Gasteiger partial charge in [-0.1, -0.05) is 0 Å². The molecule has 0 saturated carbocycles. The van der Waals surface area contributed by atoms with E-state index in [-0.39, 0.29) is 5.91 Å². The van der Waals surface area contributed by atoms with Crippen LogP contribution in [0.2, 0.25) is 0 Å². The van der Waals surface area contributed by atoms with Gasteiger partial charge in [0.25, 0.3) is 0 Å². The molecule has 1 aromatic rings. The lowest BCUT2D eigenvalue weighted by Gasteiger charge is -2.33. The molecule has 0 spiro atoms. The Kier molecular flexibility index (Phi) is 4.24. The Morgan fingerprint density at radius 2 is 2.11 bits per heavy atom. The lowest BCUT2D eigenvalue weighted by molar-refractivity contribution is -0.129. The second-order valence-electron chi connectivity index (χ2n) is 5.48. The highest BCUT2D eigenvalue weighted by Crippen LogP contribution is 2.19. The average molecular weight is 264 g/mol. The van der Waals surface area contributed by atoms with Crippen LogP contribution in [-0.4, -0.2) is 39.7 Å². The van der Waals surface area contributed by atoms with Gasteiger partial charge in [0.15, 0.2) is 0 Å². The summed E-state index contributed by atoms with van der Waals surface area (Å²) in [6.45, 7) is 7.66. The second-order valence-corrected chi connectivity index (χ2v) is 5.48. The molecule has 1 unspecified atom stereocenters. The first-order valence-corrected chi connectivity index (χ1v) is 6.99. The van der Waals surface area contributed by atoms with Crippen LogP contribution in [0, 0.1) is 6.92 Å². The number of aromatic nitrogens is 2. The molecule has 1 aromatic heterocycles. The highest BCUT2D eigenvalue weighted by atomic mass is 16.2. The zero-order valence-corrected chi connectivity index (χ0v) is 12.3. The maximum Gasteiger partial charge on any atom is 0.219 e. The number of hydrogen-bond donors (Lipinski definition) is 1. The van der Waals surface area contributed by atoms with E-state index in [1.165, 1.54) is 11.3 Å². The van der Waals surface area contributed by atoms with Crippen molar-refractivity contribution < 1.29 is 4.79 Å². The molecule has 19 heavy (non-hydrogen) atoms. The van der Waals surface area contributed by atoms with E-state index in [0.29, 0.717) is 12.1 Å². The third-order valence-electron chi connectivity index (χ3n) is 4.17. The Labute approximate surface area is 115 Å². The molecule has 0 aliphatic carbocycles. The molecule has 1 aliphatic rings. The smallest absolute Gasteiger partial charge is 0.219 e. The molecule has 0 aromatic carbocycles. The minimum atomic E-state index is 0.189. The molecule has 2 heterocycles. The van der Waals surface area contributed by atoms with Crippen molar-refractivity contribution in [2.24, 2.45) is 7.05 Å². The van der Waals surface area contributed by atoms with Crippen LogP contribution in [-0.2, 0) is 11.8 Å². The Hall–Kier alpha value is -1.36. The molecule has 1 N–H and O–H groups in total. The molecule has 0 bridgehead atoms. The molecule has 1 saturated heterocycles. The van der Waals surface area contributed by atoms with Crippen molar-refractivity contribution in [3.63, 3.8) is 0 Å². The standard InChI is InChI=1S/C14H24N4O/c1-10(14-9-15-17(4)11(14)2)16-13-5-7-18(8-6-13)12(3)19/h9-10,13,16H,5-8H2,1-4H3. The summed E-state index contributed by atoms with van der Waals surface area (Å²) in [7, 11) is 1.97. The Morgan fingerprint density at radius 1 is 1.47 bits per heavy atom. The van der Waals surface area contributed by atoms with Crippen LogP contribution in [0.1, 0.15) is 44.0 Å². The van der Waals surface area contributed by atoms with E-state index in [1.54, 1.807) is 6.92 Å². The first-order valence-electron chi connectivity index (χ1n) is 6.99. The van der Waals surface area contributed by atoms with E-state index in [1.807, 2.05) is 22.8 Å². The van der Waals surface area contributed by atoms with Gasteiger partial charge < -0.3 is 10.2 Å². The number of hydrogen-bond acceptors (Lipinski definition) is 3. The fourth-order valence-corrected chi connectivity index (χ4v) is 2.75.